The maximum Gasteiger partial charge on any atom is 0.289 e. The van der Waals surface area contributed by atoms with Crippen molar-refractivity contribution in [1.82, 2.24) is 19.9 Å². The Balaban J connectivity index is 1.64. The first-order valence-corrected chi connectivity index (χ1v) is 11.5. The Labute approximate surface area is 197 Å². The van der Waals surface area contributed by atoms with Gasteiger partial charge in [0.15, 0.2) is 5.65 Å². The summed E-state index contributed by atoms with van der Waals surface area (Å²) in [5.41, 5.74) is 3.76. The number of aryl methyl sites for hydroxylation is 2. The molecule has 1 fully saturated rings. The first-order valence-electron chi connectivity index (χ1n) is 11.2. The van der Waals surface area contributed by atoms with Crippen molar-refractivity contribution in [2.75, 3.05) is 18.0 Å². The van der Waals surface area contributed by atoms with Gasteiger partial charge in [-0.15, -0.1) is 0 Å². The molecule has 0 unspecified atom stereocenters. The molecule has 8 heteroatoms. The SMILES string of the molecule is Cc1ccc(CNC(=O)c2nc(N3CCCC3)c3c(C)c(C)n(-c4cccc(Cl)c4)c3n2)o1. The smallest absolute Gasteiger partial charge is 0.289 e. The van der Waals surface area contributed by atoms with Gasteiger partial charge >= 0.3 is 0 Å². The van der Waals surface area contributed by atoms with Crippen molar-refractivity contribution in [3.63, 3.8) is 0 Å². The molecule has 0 spiro atoms. The largest absolute Gasteiger partial charge is 0.465 e. The van der Waals surface area contributed by atoms with E-state index < -0.39 is 0 Å². The van der Waals surface area contributed by atoms with Crippen LogP contribution >= 0.6 is 11.6 Å². The average Bonchev–Trinajstić information content (AvgIpc) is 3.53. The first-order chi connectivity index (χ1) is 15.9. The van der Waals surface area contributed by atoms with Gasteiger partial charge in [-0.25, -0.2) is 9.97 Å². The van der Waals surface area contributed by atoms with Crippen molar-refractivity contribution in [2.45, 2.75) is 40.2 Å². The zero-order valence-electron chi connectivity index (χ0n) is 19.0. The maximum atomic E-state index is 13.1. The normalized spacial score (nSPS) is 13.8. The standard InChI is InChI=1S/C25H26ClN5O2/c1-15-9-10-20(33-15)14-27-25(32)22-28-23(30-11-4-5-12-30)21-16(2)17(3)31(24(21)29-22)19-8-6-7-18(26)13-19/h6-10,13H,4-5,11-12,14H2,1-3H3,(H,27,32). The molecule has 170 valence electrons. The van der Waals surface area contributed by atoms with Crippen LogP contribution < -0.4 is 10.2 Å². The number of amides is 1. The van der Waals surface area contributed by atoms with Gasteiger partial charge < -0.3 is 14.6 Å². The summed E-state index contributed by atoms with van der Waals surface area (Å²) in [7, 11) is 0. The minimum atomic E-state index is -0.333. The van der Waals surface area contributed by atoms with Crippen molar-refractivity contribution in [1.29, 1.82) is 0 Å². The molecule has 33 heavy (non-hydrogen) atoms. The second-order valence-electron chi connectivity index (χ2n) is 8.48. The van der Waals surface area contributed by atoms with Gasteiger partial charge in [0.25, 0.3) is 5.91 Å². The molecule has 7 nitrogen and oxygen atoms in total. The van der Waals surface area contributed by atoms with Crippen LogP contribution in [-0.2, 0) is 6.54 Å². The number of anilines is 1. The number of carbonyl (C=O) groups is 1. The van der Waals surface area contributed by atoms with Crippen LogP contribution in [0.2, 0.25) is 5.02 Å². The number of furan rings is 1. The topological polar surface area (TPSA) is 76.2 Å². The second kappa shape index (κ2) is 8.56. The summed E-state index contributed by atoms with van der Waals surface area (Å²) in [6.07, 6.45) is 2.22. The molecule has 1 aliphatic heterocycles. The molecule has 4 aromatic rings. The van der Waals surface area contributed by atoms with E-state index in [1.807, 2.05) is 43.3 Å². The highest BCUT2D eigenvalue weighted by molar-refractivity contribution is 6.30. The number of fused-ring (bicyclic) bond motifs is 1. The maximum absolute atomic E-state index is 13.1. The molecular weight excluding hydrogens is 438 g/mol. The van der Waals surface area contributed by atoms with Crippen LogP contribution in [0.3, 0.4) is 0 Å². The van der Waals surface area contributed by atoms with Crippen LogP contribution in [0.15, 0.2) is 40.8 Å². The summed E-state index contributed by atoms with van der Waals surface area (Å²) in [4.78, 5) is 24.9. The van der Waals surface area contributed by atoms with E-state index in [1.165, 1.54) is 0 Å². The second-order valence-corrected chi connectivity index (χ2v) is 8.92. The molecule has 0 atom stereocenters. The Bertz CT molecular complexity index is 1350. The van der Waals surface area contributed by atoms with Crippen molar-refractivity contribution < 1.29 is 9.21 Å². The summed E-state index contributed by atoms with van der Waals surface area (Å²) < 4.78 is 7.63. The van der Waals surface area contributed by atoms with Gasteiger partial charge in [0.2, 0.25) is 5.82 Å². The Morgan fingerprint density at radius 1 is 1.12 bits per heavy atom. The van der Waals surface area contributed by atoms with Gasteiger partial charge in [-0.3, -0.25) is 9.36 Å². The van der Waals surface area contributed by atoms with E-state index in [0.717, 1.165) is 59.8 Å². The van der Waals surface area contributed by atoms with Gasteiger partial charge in [-0.1, -0.05) is 17.7 Å². The highest BCUT2D eigenvalue weighted by atomic mass is 35.5. The number of benzene rings is 1. The third-order valence-electron chi connectivity index (χ3n) is 6.23. The van der Waals surface area contributed by atoms with Crippen LogP contribution in [0.4, 0.5) is 5.82 Å². The molecule has 1 aliphatic rings. The summed E-state index contributed by atoms with van der Waals surface area (Å²) in [6, 6.07) is 11.4. The van der Waals surface area contributed by atoms with E-state index >= 15 is 0 Å². The van der Waals surface area contributed by atoms with Gasteiger partial charge in [-0.05, 0) is 69.5 Å². The average molecular weight is 464 g/mol. The molecule has 0 aliphatic carbocycles. The summed E-state index contributed by atoms with van der Waals surface area (Å²) >= 11 is 6.30. The van der Waals surface area contributed by atoms with Crippen molar-refractivity contribution >= 4 is 34.4 Å². The molecule has 5 rings (SSSR count). The fraction of sp³-hybridized carbons (Fsp3) is 0.320. The van der Waals surface area contributed by atoms with Crippen molar-refractivity contribution in [3.8, 4) is 5.69 Å². The molecule has 0 radical (unpaired) electrons. The summed E-state index contributed by atoms with van der Waals surface area (Å²) in [5.74, 6) is 2.13. The predicted octanol–water partition coefficient (Wildman–Crippen LogP) is 5.12. The monoisotopic (exact) mass is 463 g/mol. The van der Waals surface area contributed by atoms with Crippen molar-refractivity contribution in [3.05, 3.63) is 70.0 Å². The first kappa shape index (κ1) is 21.5. The fourth-order valence-electron chi connectivity index (χ4n) is 4.46. The number of hydrogen-bond donors (Lipinski definition) is 1. The van der Waals surface area contributed by atoms with Crippen LogP contribution in [0, 0.1) is 20.8 Å². The highest BCUT2D eigenvalue weighted by Crippen LogP contribution is 2.35. The van der Waals surface area contributed by atoms with Crippen molar-refractivity contribution in [2.24, 2.45) is 0 Å². The Morgan fingerprint density at radius 3 is 2.61 bits per heavy atom. The van der Waals surface area contributed by atoms with E-state index in [4.69, 9.17) is 26.0 Å². The fourth-order valence-corrected chi connectivity index (χ4v) is 4.64. The molecule has 4 heterocycles. The quantitative estimate of drug-likeness (QED) is 0.444. The molecule has 1 saturated heterocycles. The van der Waals surface area contributed by atoms with Gasteiger partial charge in [-0.2, -0.15) is 0 Å². The Hall–Kier alpha value is -3.32. The molecule has 1 N–H and O–H groups in total. The zero-order valence-corrected chi connectivity index (χ0v) is 19.7. The lowest BCUT2D eigenvalue weighted by Gasteiger charge is -2.19. The number of carbonyl (C=O) groups excluding carboxylic acids is 1. The molecule has 1 amide bonds. The number of nitrogens with zero attached hydrogens (tertiary/aromatic N) is 4. The number of hydrogen-bond acceptors (Lipinski definition) is 5. The Morgan fingerprint density at radius 2 is 1.91 bits per heavy atom. The van der Waals surface area contributed by atoms with Gasteiger partial charge in [0, 0.05) is 29.5 Å². The van der Waals surface area contributed by atoms with E-state index in [9.17, 15) is 4.79 Å². The summed E-state index contributed by atoms with van der Waals surface area (Å²) in [5, 5.41) is 4.52. The Kier molecular flexibility index (Phi) is 5.58. The highest BCUT2D eigenvalue weighted by Gasteiger charge is 2.26. The molecule has 0 bridgehead atoms. The lowest BCUT2D eigenvalue weighted by atomic mass is 10.2. The molecule has 0 saturated carbocycles. The molecule has 3 aromatic heterocycles. The van der Waals surface area contributed by atoms with E-state index in [2.05, 4.69) is 28.6 Å². The minimum absolute atomic E-state index is 0.147. The molecular formula is C25H26ClN5O2. The number of nitrogens with one attached hydrogen (secondary N) is 1. The van der Waals surface area contributed by atoms with E-state index in [0.29, 0.717) is 16.4 Å². The predicted molar refractivity (Wildman–Crippen MR) is 129 cm³/mol. The van der Waals surface area contributed by atoms with Crippen LogP contribution in [0.25, 0.3) is 16.7 Å². The number of aromatic nitrogens is 3. The van der Waals surface area contributed by atoms with Crippen LogP contribution in [0.5, 0.6) is 0 Å². The number of halogens is 1. The molecule has 1 aromatic carbocycles. The van der Waals surface area contributed by atoms with Crippen LogP contribution in [-0.4, -0.2) is 33.5 Å². The van der Waals surface area contributed by atoms with Gasteiger partial charge in [0.05, 0.1) is 11.9 Å². The zero-order chi connectivity index (χ0) is 23.1. The lowest BCUT2D eigenvalue weighted by Crippen LogP contribution is -2.27. The van der Waals surface area contributed by atoms with E-state index in [1.54, 1.807) is 0 Å². The van der Waals surface area contributed by atoms with Crippen LogP contribution in [0.1, 0.15) is 46.2 Å². The third kappa shape index (κ3) is 3.97. The van der Waals surface area contributed by atoms with Gasteiger partial charge in [0.1, 0.15) is 17.3 Å². The minimum Gasteiger partial charge on any atom is -0.465 e. The third-order valence-corrected chi connectivity index (χ3v) is 6.47. The lowest BCUT2D eigenvalue weighted by molar-refractivity contribution is 0.0938. The van der Waals surface area contributed by atoms with E-state index in [-0.39, 0.29) is 18.3 Å². The summed E-state index contributed by atoms with van der Waals surface area (Å²) in [6.45, 7) is 8.13. The number of rotatable bonds is 5.